The van der Waals surface area contributed by atoms with Gasteiger partial charge in [0.1, 0.15) is 0 Å². The van der Waals surface area contributed by atoms with Crippen LogP contribution in [-0.2, 0) is 4.74 Å². The van der Waals surface area contributed by atoms with Crippen LogP contribution in [0, 0.1) is 0 Å². The van der Waals surface area contributed by atoms with Crippen molar-refractivity contribution in [1.29, 1.82) is 0 Å². The lowest BCUT2D eigenvalue weighted by Crippen LogP contribution is -2.36. The second-order valence-corrected chi connectivity index (χ2v) is 7.93. The van der Waals surface area contributed by atoms with Gasteiger partial charge in [-0.25, -0.2) is 9.97 Å². The van der Waals surface area contributed by atoms with E-state index in [4.69, 9.17) is 9.72 Å². The number of ether oxygens (including phenoxy) is 1. The molecule has 0 spiro atoms. The third kappa shape index (κ3) is 4.50. The quantitative estimate of drug-likeness (QED) is 0.621. The smallest absolute Gasteiger partial charge is 0.227 e. The summed E-state index contributed by atoms with van der Waals surface area (Å²) in [4.78, 5) is 13.8. The lowest BCUT2D eigenvalue weighted by molar-refractivity contribution is 0.122. The SMILES string of the molecule is CC1=CC=CCN1c1ccc(-c2ccnc(Nc3ccc(N4CCOCC4)cc3)n2)cc1. The molecule has 1 saturated heterocycles. The van der Waals surface area contributed by atoms with Gasteiger partial charge in [0.05, 0.1) is 18.9 Å². The van der Waals surface area contributed by atoms with Crippen molar-refractivity contribution in [3.63, 3.8) is 0 Å². The number of nitrogens with zero attached hydrogens (tertiary/aromatic N) is 4. The fourth-order valence-electron chi connectivity index (χ4n) is 4.01. The molecule has 0 unspecified atom stereocenters. The monoisotopic (exact) mass is 425 g/mol. The minimum Gasteiger partial charge on any atom is -0.378 e. The number of hydrogen-bond acceptors (Lipinski definition) is 6. The maximum absolute atomic E-state index is 5.44. The van der Waals surface area contributed by atoms with Crippen molar-refractivity contribution in [2.75, 3.05) is 48.0 Å². The van der Waals surface area contributed by atoms with Gasteiger partial charge in [-0.3, -0.25) is 0 Å². The van der Waals surface area contributed by atoms with E-state index < -0.39 is 0 Å². The highest BCUT2D eigenvalue weighted by atomic mass is 16.5. The van der Waals surface area contributed by atoms with Crippen molar-refractivity contribution in [3.05, 3.63) is 84.7 Å². The molecule has 2 aliphatic rings. The maximum atomic E-state index is 5.44. The van der Waals surface area contributed by atoms with Gasteiger partial charge in [-0.2, -0.15) is 0 Å². The number of benzene rings is 2. The van der Waals surface area contributed by atoms with E-state index in [1.807, 2.05) is 6.07 Å². The van der Waals surface area contributed by atoms with Crippen LogP contribution in [0.5, 0.6) is 0 Å². The van der Waals surface area contributed by atoms with Crippen molar-refractivity contribution in [3.8, 4) is 11.3 Å². The van der Waals surface area contributed by atoms with Gasteiger partial charge in [-0.05, 0) is 55.5 Å². The zero-order chi connectivity index (χ0) is 21.8. The Morgan fingerprint density at radius 1 is 0.906 bits per heavy atom. The fraction of sp³-hybridized carbons (Fsp3) is 0.231. The summed E-state index contributed by atoms with van der Waals surface area (Å²) in [6.07, 6.45) is 8.19. The number of morpholine rings is 1. The predicted octanol–water partition coefficient (Wildman–Crippen LogP) is 5.00. The first-order valence-corrected chi connectivity index (χ1v) is 11.0. The minimum atomic E-state index is 0.589. The first-order valence-electron chi connectivity index (χ1n) is 11.0. The molecule has 162 valence electrons. The molecule has 0 aliphatic carbocycles. The van der Waals surface area contributed by atoms with Crippen molar-refractivity contribution < 1.29 is 4.74 Å². The van der Waals surface area contributed by atoms with Crippen molar-refractivity contribution in [1.82, 2.24) is 9.97 Å². The normalized spacial score (nSPS) is 16.1. The van der Waals surface area contributed by atoms with Gasteiger partial charge in [0.15, 0.2) is 0 Å². The van der Waals surface area contributed by atoms with E-state index in [0.717, 1.165) is 49.8 Å². The Morgan fingerprint density at radius 3 is 2.41 bits per heavy atom. The van der Waals surface area contributed by atoms with E-state index in [1.165, 1.54) is 17.1 Å². The Labute approximate surface area is 188 Å². The summed E-state index contributed by atoms with van der Waals surface area (Å²) < 4.78 is 5.44. The molecule has 5 rings (SSSR count). The summed E-state index contributed by atoms with van der Waals surface area (Å²) in [5, 5.41) is 3.32. The molecule has 0 saturated carbocycles. The van der Waals surface area contributed by atoms with E-state index in [-0.39, 0.29) is 0 Å². The molecule has 3 heterocycles. The molecule has 0 amide bonds. The molecule has 2 aliphatic heterocycles. The molecule has 6 nitrogen and oxygen atoms in total. The van der Waals surface area contributed by atoms with Crippen LogP contribution in [0.15, 0.2) is 84.7 Å². The van der Waals surface area contributed by atoms with Crippen LogP contribution in [0.2, 0.25) is 0 Å². The summed E-state index contributed by atoms with van der Waals surface area (Å²) >= 11 is 0. The molecule has 1 N–H and O–H groups in total. The van der Waals surface area contributed by atoms with Crippen LogP contribution >= 0.6 is 0 Å². The molecular weight excluding hydrogens is 398 g/mol. The van der Waals surface area contributed by atoms with Gasteiger partial charge in [-0.15, -0.1) is 0 Å². The highest BCUT2D eigenvalue weighted by Crippen LogP contribution is 2.26. The zero-order valence-electron chi connectivity index (χ0n) is 18.2. The number of nitrogens with one attached hydrogen (secondary N) is 1. The van der Waals surface area contributed by atoms with E-state index in [9.17, 15) is 0 Å². The molecule has 0 radical (unpaired) electrons. The van der Waals surface area contributed by atoms with E-state index in [1.54, 1.807) is 6.20 Å². The lowest BCUT2D eigenvalue weighted by atomic mass is 10.1. The molecule has 1 aromatic heterocycles. The summed E-state index contributed by atoms with van der Waals surface area (Å²) in [5.41, 5.74) is 6.56. The predicted molar refractivity (Wildman–Crippen MR) is 130 cm³/mol. The summed E-state index contributed by atoms with van der Waals surface area (Å²) in [7, 11) is 0. The van der Waals surface area contributed by atoms with E-state index in [2.05, 4.69) is 93.8 Å². The van der Waals surface area contributed by atoms with Crippen LogP contribution < -0.4 is 15.1 Å². The van der Waals surface area contributed by atoms with Crippen LogP contribution in [0.1, 0.15) is 6.92 Å². The second-order valence-electron chi connectivity index (χ2n) is 7.93. The molecule has 6 heteroatoms. The van der Waals surface area contributed by atoms with Crippen LogP contribution in [0.25, 0.3) is 11.3 Å². The van der Waals surface area contributed by atoms with Gasteiger partial charge in [0.2, 0.25) is 5.95 Å². The Balaban J connectivity index is 1.28. The molecule has 1 fully saturated rings. The summed E-state index contributed by atoms with van der Waals surface area (Å²) in [6.45, 7) is 6.46. The Morgan fingerprint density at radius 2 is 1.66 bits per heavy atom. The summed E-state index contributed by atoms with van der Waals surface area (Å²) in [5.74, 6) is 0.589. The Kier molecular flexibility index (Phi) is 5.85. The van der Waals surface area contributed by atoms with Gasteiger partial charge in [0, 0.05) is 54.2 Å². The molecule has 3 aromatic rings. The number of allylic oxidation sites excluding steroid dienone is 3. The molecule has 0 bridgehead atoms. The maximum Gasteiger partial charge on any atom is 0.227 e. The Hall–Kier alpha value is -3.64. The highest BCUT2D eigenvalue weighted by Gasteiger charge is 2.12. The van der Waals surface area contributed by atoms with Crippen molar-refractivity contribution in [2.45, 2.75) is 6.92 Å². The lowest BCUT2D eigenvalue weighted by Gasteiger charge is -2.28. The van der Waals surface area contributed by atoms with Crippen molar-refractivity contribution in [2.24, 2.45) is 0 Å². The third-order valence-electron chi connectivity index (χ3n) is 5.82. The van der Waals surface area contributed by atoms with E-state index in [0.29, 0.717) is 5.95 Å². The van der Waals surface area contributed by atoms with Gasteiger partial charge in [-0.1, -0.05) is 24.3 Å². The zero-order valence-corrected chi connectivity index (χ0v) is 18.2. The van der Waals surface area contributed by atoms with E-state index >= 15 is 0 Å². The van der Waals surface area contributed by atoms with Crippen molar-refractivity contribution >= 4 is 23.0 Å². The average molecular weight is 426 g/mol. The largest absolute Gasteiger partial charge is 0.378 e. The standard InChI is InChI=1S/C26H27N5O/c1-20-4-2-3-15-31(20)24-9-5-21(6-10-24)25-13-14-27-26(29-25)28-22-7-11-23(12-8-22)30-16-18-32-19-17-30/h2-14H,15-19H2,1H3,(H,27,28,29). The molecule has 2 aromatic carbocycles. The van der Waals surface area contributed by atoms with Gasteiger partial charge >= 0.3 is 0 Å². The first-order chi connectivity index (χ1) is 15.8. The van der Waals surface area contributed by atoms with Gasteiger partial charge in [0.25, 0.3) is 0 Å². The number of hydrogen-bond donors (Lipinski definition) is 1. The number of rotatable bonds is 5. The summed E-state index contributed by atoms with van der Waals surface area (Å²) in [6, 6.07) is 18.9. The minimum absolute atomic E-state index is 0.589. The van der Waals surface area contributed by atoms with Gasteiger partial charge < -0.3 is 19.9 Å². The Bertz CT molecular complexity index is 1120. The van der Waals surface area contributed by atoms with Crippen LogP contribution in [0.4, 0.5) is 23.0 Å². The molecular formula is C26H27N5O. The molecule has 0 atom stereocenters. The molecule has 32 heavy (non-hydrogen) atoms. The first kappa shape index (κ1) is 20.3. The average Bonchev–Trinajstić information content (AvgIpc) is 2.86. The van der Waals surface area contributed by atoms with Crippen LogP contribution in [-0.4, -0.2) is 42.8 Å². The number of anilines is 4. The topological polar surface area (TPSA) is 53.5 Å². The number of aromatic nitrogens is 2. The highest BCUT2D eigenvalue weighted by molar-refractivity contribution is 5.66. The fourth-order valence-corrected chi connectivity index (χ4v) is 4.01. The third-order valence-corrected chi connectivity index (χ3v) is 5.82. The van der Waals surface area contributed by atoms with Crippen LogP contribution in [0.3, 0.4) is 0 Å². The second kappa shape index (κ2) is 9.24.